The molecule has 3 aromatic carbocycles. The van der Waals surface area contributed by atoms with Gasteiger partial charge in [-0.2, -0.15) is 0 Å². The number of nitrogens with zero attached hydrogens (tertiary/aromatic N) is 2. The Balaban J connectivity index is 1.52. The monoisotopic (exact) mass is 648 g/mol. The second-order valence-electron chi connectivity index (χ2n) is 10.8. The van der Waals surface area contributed by atoms with Crippen LogP contribution >= 0.6 is 34.5 Å². The number of hydrogen-bond donors (Lipinski definition) is 0. The Hall–Kier alpha value is -3.65. The van der Waals surface area contributed by atoms with Crippen LogP contribution in [0.4, 0.5) is 0 Å². The van der Waals surface area contributed by atoms with E-state index in [2.05, 4.69) is 26.0 Å². The molecule has 1 atom stereocenters. The lowest BCUT2D eigenvalue weighted by atomic mass is 9.92. The van der Waals surface area contributed by atoms with Gasteiger partial charge in [0, 0.05) is 0 Å². The van der Waals surface area contributed by atoms with Gasteiger partial charge in [-0.3, -0.25) is 9.36 Å². The van der Waals surface area contributed by atoms with Crippen LogP contribution in [0, 0.1) is 0 Å². The number of esters is 1. The Morgan fingerprint density at radius 2 is 1.75 bits per heavy atom. The minimum atomic E-state index is -0.632. The van der Waals surface area contributed by atoms with Crippen molar-refractivity contribution in [2.75, 3.05) is 6.61 Å². The Labute approximate surface area is 270 Å². The zero-order valence-electron chi connectivity index (χ0n) is 25.1. The molecule has 1 aromatic heterocycles. The van der Waals surface area contributed by atoms with E-state index in [1.165, 1.54) is 16.9 Å². The molecular formula is C35H34Cl2N2O4S. The van der Waals surface area contributed by atoms with Gasteiger partial charge in [0.15, 0.2) is 4.80 Å². The summed E-state index contributed by atoms with van der Waals surface area (Å²) in [6, 6.07) is 20.4. The Morgan fingerprint density at radius 3 is 2.39 bits per heavy atom. The van der Waals surface area contributed by atoms with E-state index < -0.39 is 12.0 Å². The molecule has 0 saturated carbocycles. The Kier molecular flexibility index (Phi) is 10.1. The number of thiazole rings is 1. The van der Waals surface area contributed by atoms with Crippen molar-refractivity contribution in [2.24, 2.45) is 4.99 Å². The normalized spacial score (nSPS) is 14.9. The van der Waals surface area contributed by atoms with E-state index in [1.54, 1.807) is 23.6 Å². The van der Waals surface area contributed by atoms with Crippen LogP contribution in [0.2, 0.25) is 10.0 Å². The summed E-state index contributed by atoms with van der Waals surface area (Å²) in [5.41, 5.74) is 4.66. The topological polar surface area (TPSA) is 69.9 Å². The van der Waals surface area contributed by atoms with Gasteiger partial charge in [0.25, 0.3) is 5.56 Å². The van der Waals surface area contributed by atoms with Crippen molar-refractivity contribution in [3.63, 3.8) is 0 Å². The highest BCUT2D eigenvalue weighted by molar-refractivity contribution is 7.07. The molecule has 0 unspecified atom stereocenters. The summed E-state index contributed by atoms with van der Waals surface area (Å²) < 4.78 is 13.6. The molecule has 1 aliphatic heterocycles. The summed E-state index contributed by atoms with van der Waals surface area (Å²) in [4.78, 5) is 32.8. The van der Waals surface area contributed by atoms with Crippen LogP contribution < -0.4 is 19.6 Å². The molecule has 0 radical (unpaired) electrons. The van der Waals surface area contributed by atoms with Crippen molar-refractivity contribution in [3.8, 4) is 5.75 Å². The summed E-state index contributed by atoms with van der Waals surface area (Å²) in [5, 5.41) is 0.981. The van der Waals surface area contributed by atoms with E-state index in [4.69, 9.17) is 37.7 Å². The fraction of sp³-hybridized carbons (Fsp3) is 0.286. The van der Waals surface area contributed by atoms with Crippen molar-refractivity contribution < 1.29 is 14.3 Å². The fourth-order valence-corrected chi connectivity index (χ4v) is 6.45. The third-order valence-corrected chi connectivity index (χ3v) is 9.10. The number of aromatic nitrogens is 1. The van der Waals surface area contributed by atoms with Crippen molar-refractivity contribution in [2.45, 2.75) is 59.1 Å². The minimum Gasteiger partial charge on any atom is -0.489 e. The standard InChI is InChI=1S/C35H34Cl2N2O4S/c1-5-7-29-31(34(41)42-6-2)32(25-13-11-24(12-14-25)21(3)4)39-33(40)30(44-35(39)38-29)19-22-8-15-26(16-9-22)43-20-23-10-17-27(36)28(37)18-23/h8-19,21,32H,5-7,20H2,1-4H3/b30-19+/t32-/m1/s1. The number of carbonyl (C=O) groups excluding carboxylic acids is 1. The first-order valence-corrected chi connectivity index (χ1v) is 16.3. The summed E-state index contributed by atoms with van der Waals surface area (Å²) in [5.74, 6) is 0.598. The molecule has 0 aliphatic carbocycles. The second kappa shape index (κ2) is 14.0. The molecule has 5 rings (SSSR count). The molecule has 0 saturated heterocycles. The van der Waals surface area contributed by atoms with Gasteiger partial charge in [0.1, 0.15) is 12.4 Å². The van der Waals surface area contributed by atoms with Crippen LogP contribution in [0.5, 0.6) is 5.75 Å². The molecule has 0 N–H and O–H groups in total. The summed E-state index contributed by atoms with van der Waals surface area (Å²) in [6.07, 6.45) is 3.25. The van der Waals surface area contributed by atoms with Gasteiger partial charge < -0.3 is 9.47 Å². The van der Waals surface area contributed by atoms with Crippen LogP contribution in [-0.4, -0.2) is 17.1 Å². The third-order valence-electron chi connectivity index (χ3n) is 7.38. The van der Waals surface area contributed by atoms with Crippen LogP contribution in [0.3, 0.4) is 0 Å². The molecule has 0 amide bonds. The van der Waals surface area contributed by atoms with Crippen LogP contribution in [0.15, 0.2) is 87.8 Å². The number of ether oxygens (including phenoxy) is 2. The van der Waals surface area contributed by atoms with Crippen LogP contribution in [0.1, 0.15) is 74.8 Å². The number of fused-ring (bicyclic) bond motifs is 1. The molecule has 228 valence electrons. The average molecular weight is 650 g/mol. The number of allylic oxidation sites excluding steroid dienone is 1. The summed E-state index contributed by atoms with van der Waals surface area (Å²) in [7, 11) is 0. The number of rotatable bonds is 10. The maximum absolute atomic E-state index is 14.0. The van der Waals surface area contributed by atoms with Crippen molar-refractivity contribution in [1.82, 2.24) is 4.57 Å². The number of benzene rings is 3. The molecule has 0 bridgehead atoms. The largest absolute Gasteiger partial charge is 0.489 e. The zero-order chi connectivity index (χ0) is 31.4. The summed E-state index contributed by atoms with van der Waals surface area (Å²) in [6.45, 7) is 8.67. The molecule has 0 spiro atoms. The van der Waals surface area contributed by atoms with Gasteiger partial charge in [0.2, 0.25) is 0 Å². The molecule has 6 nitrogen and oxygen atoms in total. The highest BCUT2D eigenvalue weighted by Gasteiger charge is 2.34. The lowest BCUT2D eigenvalue weighted by Gasteiger charge is -2.26. The first kappa shape index (κ1) is 31.8. The second-order valence-corrected chi connectivity index (χ2v) is 12.7. The van der Waals surface area contributed by atoms with E-state index in [9.17, 15) is 9.59 Å². The predicted molar refractivity (Wildman–Crippen MR) is 177 cm³/mol. The highest BCUT2D eigenvalue weighted by atomic mass is 35.5. The highest BCUT2D eigenvalue weighted by Crippen LogP contribution is 2.33. The quantitative estimate of drug-likeness (QED) is 0.166. The third kappa shape index (κ3) is 6.85. The first-order chi connectivity index (χ1) is 21.2. The van der Waals surface area contributed by atoms with Gasteiger partial charge in [0.05, 0.1) is 38.5 Å². The van der Waals surface area contributed by atoms with Gasteiger partial charge in [-0.25, -0.2) is 9.79 Å². The molecule has 4 aromatic rings. The Morgan fingerprint density at radius 1 is 1.02 bits per heavy atom. The zero-order valence-corrected chi connectivity index (χ0v) is 27.4. The number of halogens is 2. The minimum absolute atomic E-state index is 0.205. The van der Waals surface area contributed by atoms with E-state index >= 15 is 0 Å². The van der Waals surface area contributed by atoms with Crippen molar-refractivity contribution in [1.29, 1.82) is 0 Å². The SMILES string of the molecule is CCCC1=C(C(=O)OCC)[C@@H](c2ccc(C(C)C)cc2)n2c(s/c(=C/c3ccc(OCc4ccc(Cl)c(Cl)c4)cc3)c2=O)=N1. The molecule has 44 heavy (non-hydrogen) atoms. The molecule has 9 heteroatoms. The van der Waals surface area contributed by atoms with Crippen molar-refractivity contribution in [3.05, 3.63) is 130 Å². The van der Waals surface area contributed by atoms with E-state index in [0.717, 1.165) is 23.1 Å². The Bertz CT molecular complexity index is 1870. The van der Waals surface area contributed by atoms with Crippen molar-refractivity contribution >= 4 is 46.6 Å². The lowest BCUT2D eigenvalue weighted by molar-refractivity contribution is -0.139. The maximum Gasteiger partial charge on any atom is 0.338 e. The maximum atomic E-state index is 14.0. The molecule has 0 fully saturated rings. The van der Waals surface area contributed by atoms with E-state index in [1.807, 2.05) is 55.5 Å². The smallest absolute Gasteiger partial charge is 0.338 e. The number of hydrogen-bond acceptors (Lipinski definition) is 6. The van der Waals surface area contributed by atoms with E-state index in [0.29, 0.717) is 55.3 Å². The van der Waals surface area contributed by atoms with Gasteiger partial charge in [-0.1, -0.05) is 104 Å². The molecular weight excluding hydrogens is 615 g/mol. The van der Waals surface area contributed by atoms with Gasteiger partial charge in [-0.05, 0) is 71.9 Å². The van der Waals surface area contributed by atoms with Gasteiger partial charge >= 0.3 is 5.97 Å². The lowest BCUT2D eigenvalue weighted by Crippen LogP contribution is -2.40. The van der Waals surface area contributed by atoms with Crippen LogP contribution in [-0.2, 0) is 16.1 Å². The van der Waals surface area contributed by atoms with E-state index in [-0.39, 0.29) is 12.2 Å². The predicted octanol–water partition coefficient (Wildman–Crippen LogP) is 7.59. The van der Waals surface area contributed by atoms with Gasteiger partial charge in [-0.15, -0.1) is 0 Å². The van der Waals surface area contributed by atoms with Crippen LogP contribution in [0.25, 0.3) is 6.08 Å². The average Bonchev–Trinajstić information content (AvgIpc) is 3.32. The summed E-state index contributed by atoms with van der Waals surface area (Å²) >= 11 is 13.4. The molecule has 2 heterocycles. The first-order valence-electron chi connectivity index (χ1n) is 14.7. The number of carbonyl (C=O) groups is 1. The fourth-order valence-electron chi connectivity index (χ4n) is 5.11. The molecule has 1 aliphatic rings.